The van der Waals surface area contributed by atoms with Crippen LogP contribution in [0.3, 0.4) is 0 Å². The van der Waals surface area contributed by atoms with Gasteiger partial charge in [-0.25, -0.2) is 4.90 Å². The maximum absolute atomic E-state index is 15.1. The number of carbonyl (C=O) groups excluding carboxylic acids is 4. The van der Waals surface area contributed by atoms with Gasteiger partial charge in [-0.3, -0.25) is 24.1 Å². The van der Waals surface area contributed by atoms with E-state index in [0.29, 0.717) is 28.3 Å². The molecule has 6 atom stereocenters. The van der Waals surface area contributed by atoms with Gasteiger partial charge >= 0.3 is 0 Å². The molecule has 4 aliphatic rings. The Hall–Kier alpha value is -3.94. The summed E-state index contributed by atoms with van der Waals surface area (Å²) in [5, 5.41) is 10.9. The molecule has 9 heteroatoms. The Kier molecular flexibility index (Phi) is 6.52. The average Bonchev–Trinajstić information content (AvgIpc) is 3.38. The molecule has 3 fully saturated rings. The van der Waals surface area contributed by atoms with E-state index in [0.717, 1.165) is 5.57 Å². The van der Waals surface area contributed by atoms with Crippen LogP contribution in [-0.4, -0.2) is 40.2 Å². The van der Waals surface area contributed by atoms with Crippen LogP contribution in [0.15, 0.2) is 84.4 Å². The highest BCUT2D eigenvalue weighted by Crippen LogP contribution is 2.65. The van der Waals surface area contributed by atoms with E-state index in [-0.39, 0.29) is 41.5 Å². The van der Waals surface area contributed by atoms with Crippen molar-refractivity contribution in [1.82, 2.24) is 4.90 Å². The van der Waals surface area contributed by atoms with Crippen LogP contribution in [0.25, 0.3) is 0 Å². The van der Waals surface area contributed by atoms with Gasteiger partial charge in [-0.1, -0.05) is 77.3 Å². The molecule has 1 saturated carbocycles. The van der Waals surface area contributed by atoms with Crippen molar-refractivity contribution >= 4 is 52.5 Å². The smallest absolute Gasteiger partial charge is 0.246 e. The zero-order chi connectivity index (χ0) is 30.2. The first-order valence-electron chi connectivity index (χ1n) is 14.4. The van der Waals surface area contributed by atoms with Crippen molar-refractivity contribution < 1.29 is 24.3 Å². The van der Waals surface area contributed by atoms with E-state index in [1.165, 1.54) is 21.9 Å². The Labute approximate surface area is 258 Å². The van der Waals surface area contributed by atoms with Crippen LogP contribution in [0.5, 0.6) is 5.75 Å². The fourth-order valence-electron chi connectivity index (χ4n) is 8.22. The van der Waals surface area contributed by atoms with Gasteiger partial charge in [0.15, 0.2) is 0 Å². The highest BCUT2D eigenvalue weighted by molar-refractivity contribution is 6.33. The summed E-state index contributed by atoms with van der Waals surface area (Å²) in [6, 6.07) is 20.5. The number of imide groups is 2. The molecule has 3 aromatic carbocycles. The fourth-order valence-corrected chi connectivity index (χ4v) is 8.68. The number of phenolic OH excluding ortho intramolecular Hbond substituents is 1. The Bertz CT molecular complexity index is 1740. The molecule has 0 spiro atoms. The first-order chi connectivity index (χ1) is 20.7. The minimum atomic E-state index is -1.41. The number of likely N-dealkylation sites (tertiary alicyclic amines) is 1. The van der Waals surface area contributed by atoms with E-state index < -0.39 is 40.9 Å². The van der Waals surface area contributed by atoms with Crippen LogP contribution >= 0.6 is 23.2 Å². The van der Waals surface area contributed by atoms with Crippen LogP contribution in [0.4, 0.5) is 5.69 Å². The minimum Gasteiger partial charge on any atom is -0.508 e. The SMILES string of the molecule is CCN1C(=O)[C@H]2[C@H](CC=C3[C@H]2C[C@H]2C(=O)N(c4cccc(Cl)c4)C(=O)[C@@]2(c2ccccc2)[C@H]3c2ccc(O)cc2Cl)C1=O. The summed E-state index contributed by atoms with van der Waals surface area (Å²) in [4.78, 5) is 59.2. The topological polar surface area (TPSA) is 95.0 Å². The molecule has 218 valence electrons. The number of benzene rings is 3. The summed E-state index contributed by atoms with van der Waals surface area (Å²) in [5.41, 5.74) is 0.999. The molecule has 3 aromatic rings. The van der Waals surface area contributed by atoms with Gasteiger partial charge in [0.05, 0.1) is 28.9 Å². The molecule has 2 heterocycles. The number of hydrogen-bond acceptors (Lipinski definition) is 5. The molecule has 0 aromatic heterocycles. The Morgan fingerprint density at radius 3 is 2.35 bits per heavy atom. The standard InChI is InChI=1S/C34H28Cl2N2O5/c1-2-37-30(40)24-14-13-22-25(28(24)32(37)42)17-26-31(41)38(20-10-6-9-19(35)15-20)33(43)34(26,18-7-4-3-5-8-18)29(22)23-12-11-21(39)16-27(23)36/h3-13,15-16,24-26,28-29,39H,2,14,17H2,1H3/t24-,25+,26-,28-,29+,34+/m0/s1. The van der Waals surface area contributed by atoms with E-state index in [2.05, 4.69) is 0 Å². The first kappa shape index (κ1) is 27.9. The summed E-state index contributed by atoms with van der Waals surface area (Å²) in [7, 11) is 0. The maximum atomic E-state index is 15.1. The van der Waals surface area contributed by atoms with Crippen LogP contribution in [0.2, 0.25) is 10.0 Å². The number of nitrogens with zero attached hydrogens (tertiary/aromatic N) is 2. The molecule has 4 amide bonds. The molecule has 2 aliphatic carbocycles. The zero-order valence-electron chi connectivity index (χ0n) is 23.2. The molecular weight excluding hydrogens is 587 g/mol. The van der Waals surface area contributed by atoms with Gasteiger partial charge in [0.25, 0.3) is 0 Å². The van der Waals surface area contributed by atoms with Crippen molar-refractivity contribution in [3.05, 3.63) is 106 Å². The molecule has 43 heavy (non-hydrogen) atoms. The second-order valence-corrected chi connectivity index (χ2v) is 12.6. The molecule has 7 nitrogen and oxygen atoms in total. The van der Waals surface area contributed by atoms with Crippen molar-refractivity contribution in [3.63, 3.8) is 0 Å². The van der Waals surface area contributed by atoms with E-state index in [1.807, 2.05) is 36.4 Å². The molecule has 7 rings (SSSR count). The number of anilines is 1. The van der Waals surface area contributed by atoms with Gasteiger partial charge in [-0.05, 0) is 67.1 Å². The van der Waals surface area contributed by atoms with Crippen LogP contribution in [0, 0.1) is 23.7 Å². The van der Waals surface area contributed by atoms with E-state index in [4.69, 9.17) is 23.2 Å². The summed E-state index contributed by atoms with van der Waals surface area (Å²) in [6.07, 6.45) is 2.55. The van der Waals surface area contributed by atoms with Gasteiger partial charge in [-0.15, -0.1) is 0 Å². The highest BCUT2D eigenvalue weighted by atomic mass is 35.5. The normalized spacial score (nSPS) is 29.8. The van der Waals surface area contributed by atoms with Crippen LogP contribution < -0.4 is 4.90 Å². The molecule has 0 radical (unpaired) electrons. The monoisotopic (exact) mass is 614 g/mol. The van der Waals surface area contributed by atoms with Gasteiger partial charge in [-0.2, -0.15) is 0 Å². The number of hydrogen-bond donors (Lipinski definition) is 1. The lowest BCUT2D eigenvalue weighted by atomic mass is 9.49. The first-order valence-corrected chi connectivity index (χ1v) is 15.2. The summed E-state index contributed by atoms with van der Waals surface area (Å²) in [5.74, 6) is -4.48. The van der Waals surface area contributed by atoms with Crippen molar-refractivity contribution in [3.8, 4) is 5.75 Å². The lowest BCUT2D eigenvalue weighted by Gasteiger charge is -2.51. The van der Waals surface area contributed by atoms with Gasteiger partial charge < -0.3 is 5.11 Å². The second-order valence-electron chi connectivity index (χ2n) is 11.7. The number of amides is 4. The summed E-state index contributed by atoms with van der Waals surface area (Å²) < 4.78 is 0. The van der Waals surface area contributed by atoms with Crippen LogP contribution in [0.1, 0.15) is 36.8 Å². The predicted molar refractivity (Wildman–Crippen MR) is 162 cm³/mol. The van der Waals surface area contributed by atoms with Crippen LogP contribution in [-0.2, 0) is 24.6 Å². The number of allylic oxidation sites excluding steroid dienone is 2. The van der Waals surface area contributed by atoms with Crippen molar-refractivity contribution in [2.24, 2.45) is 23.7 Å². The molecule has 2 saturated heterocycles. The van der Waals surface area contributed by atoms with Crippen molar-refractivity contribution in [2.45, 2.75) is 31.1 Å². The number of phenols is 1. The van der Waals surface area contributed by atoms with Gasteiger partial charge in [0.2, 0.25) is 23.6 Å². The molecule has 1 N–H and O–H groups in total. The maximum Gasteiger partial charge on any atom is 0.246 e. The summed E-state index contributed by atoms with van der Waals surface area (Å²) >= 11 is 13.2. The van der Waals surface area contributed by atoms with E-state index in [1.54, 1.807) is 37.3 Å². The third-order valence-electron chi connectivity index (χ3n) is 9.87. The third-order valence-corrected chi connectivity index (χ3v) is 10.4. The Balaban J connectivity index is 1.52. The number of halogens is 2. The average molecular weight is 616 g/mol. The molecule has 2 aliphatic heterocycles. The fraction of sp³-hybridized carbons (Fsp3) is 0.294. The predicted octanol–water partition coefficient (Wildman–Crippen LogP) is 5.88. The zero-order valence-corrected chi connectivity index (χ0v) is 24.8. The number of fused-ring (bicyclic) bond motifs is 4. The molecule has 0 bridgehead atoms. The number of aromatic hydroxyl groups is 1. The van der Waals surface area contributed by atoms with Gasteiger partial charge in [0, 0.05) is 22.5 Å². The Morgan fingerprint density at radius 2 is 1.65 bits per heavy atom. The number of rotatable bonds is 4. The van der Waals surface area contributed by atoms with Crippen molar-refractivity contribution in [2.75, 3.05) is 11.4 Å². The largest absolute Gasteiger partial charge is 0.508 e. The lowest BCUT2D eigenvalue weighted by molar-refractivity contribution is -0.140. The van der Waals surface area contributed by atoms with E-state index >= 15 is 4.79 Å². The molecular formula is C34H28Cl2N2O5. The van der Waals surface area contributed by atoms with E-state index in [9.17, 15) is 19.5 Å². The summed E-state index contributed by atoms with van der Waals surface area (Å²) in [6.45, 7) is 2.06. The minimum absolute atomic E-state index is 0.0337. The van der Waals surface area contributed by atoms with Crippen molar-refractivity contribution in [1.29, 1.82) is 0 Å². The number of carbonyl (C=O) groups is 4. The lowest BCUT2D eigenvalue weighted by Crippen LogP contribution is -2.53. The second kappa shape index (κ2) is 10.1. The quantitative estimate of drug-likeness (QED) is 0.292. The third kappa shape index (κ3) is 3.80. The highest BCUT2D eigenvalue weighted by Gasteiger charge is 2.70. The van der Waals surface area contributed by atoms with Gasteiger partial charge in [0.1, 0.15) is 5.75 Å². The molecule has 0 unspecified atom stereocenters. The Morgan fingerprint density at radius 1 is 0.884 bits per heavy atom.